The quantitative estimate of drug-likeness (QED) is 0.387. The highest BCUT2D eigenvalue weighted by Gasteiger charge is 2.24. The van der Waals surface area contributed by atoms with E-state index in [1.54, 1.807) is 22.9 Å². The van der Waals surface area contributed by atoms with E-state index in [-0.39, 0.29) is 18.5 Å². The van der Waals surface area contributed by atoms with E-state index in [9.17, 15) is 9.50 Å². The molecule has 3 aromatic rings. The summed E-state index contributed by atoms with van der Waals surface area (Å²) in [5.74, 6) is 0.558. The number of para-hydroxylation sites is 2. The lowest BCUT2D eigenvalue weighted by atomic mass is 10.1. The van der Waals surface area contributed by atoms with Crippen LogP contribution in [-0.2, 0) is 11.3 Å². The second-order valence-electron chi connectivity index (χ2n) is 9.27. The molecule has 0 radical (unpaired) electrons. The molecule has 0 aliphatic heterocycles. The summed E-state index contributed by atoms with van der Waals surface area (Å²) in [6, 6.07) is 16.0. The second kappa shape index (κ2) is 12.1. The fraction of sp³-hybridized carbons (Fsp3) is 0.444. The van der Waals surface area contributed by atoms with Crippen LogP contribution in [0, 0.1) is 18.7 Å². The number of aliphatic hydroxyl groups excluding tert-OH is 1. The Morgan fingerprint density at radius 1 is 1.00 bits per heavy atom. The number of aliphatic hydroxyl groups is 1. The summed E-state index contributed by atoms with van der Waals surface area (Å²) in [6.07, 6.45) is -0.568. The van der Waals surface area contributed by atoms with E-state index in [4.69, 9.17) is 14.6 Å². The number of hydrogen-bond donors (Lipinski definition) is 1. The smallest absolute Gasteiger partial charge is 0.227 e. The topological polar surface area (TPSA) is 59.8 Å². The average molecular weight is 470 g/mol. The lowest BCUT2D eigenvalue weighted by Crippen LogP contribution is -2.37. The van der Waals surface area contributed by atoms with Crippen molar-refractivity contribution in [3.05, 3.63) is 71.7 Å². The molecule has 0 bridgehead atoms. The molecule has 0 aliphatic carbocycles. The van der Waals surface area contributed by atoms with Crippen molar-refractivity contribution < 1.29 is 19.0 Å². The van der Waals surface area contributed by atoms with Gasteiger partial charge in [0.2, 0.25) is 5.88 Å². The highest BCUT2D eigenvalue weighted by molar-refractivity contribution is 5.43. The summed E-state index contributed by atoms with van der Waals surface area (Å²) in [6.45, 7) is 12.1. The fourth-order valence-corrected chi connectivity index (χ4v) is 3.80. The average Bonchev–Trinajstić information content (AvgIpc) is 3.09. The molecule has 1 atom stereocenters. The van der Waals surface area contributed by atoms with E-state index in [0.29, 0.717) is 24.9 Å². The van der Waals surface area contributed by atoms with E-state index in [0.717, 1.165) is 23.5 Å². The Labute approximate surface area is 201 Å². The molecule has 1 heterocycles. The Kier molecular flexibility index (Phi) is 9.21. The van der Waals surface area contributed by atoms with Gasteiger partial charge in [0, 0.05) is 19.6 Å². The third-order valence-electron chi connectivity index (χ3n) is 5.28. The van der Waals surface area contributed by atoms with Crippen molar-refractivity contribution in [2.75, 3.05) is 19.7 Å². The van der Waals surface area contributed by atoms with Crippen molar-refractivity contribution in [2.24, 2.45) is 5.92 Å². The third-order valence-corrected chi connectivity index (χ3v) is 5.28. The molecule has 3 rings (SSSR count). The Balaban J connectivity index is 1.96. The van der Waals surface area contributed by atoms with Crippen molar-refractivity contribution in [1.82, 2.24) is 14.7 Å². The third kappa shape index (κ3) is 7.13. The van der Waals surface area contributed by atoms with Gasteiger partial charge in [-0.2, -0.15) is 5.10 Å². The molecular weight excluding hydrogens is 433 g/mol. The lowest BCUT2D eigenvalue weighted by molar-refractivity contribution is -0.0109. The van der Waals surface area contributed by atoms with E-state index >= 15 is 0 Å². The molecule has 1 aromatic heterocycles. The van der Waals surface area contributed by atoms with Crippen LogP contribution in [0.1, 0.15) is 39.0 Å². The van der Waals surface area contributed by atoms with Crippen LogP contribution in [0.5, 0.6) is 11.6 Å². The first kappa shape index (κ1) is 25.9. The normalized spacial score (nSPS) is 12.6. The SMILES string of the molecule is Cc1nn(-c2ccccc2)c(Oc2ccccc2F)c1CN(CC(C)C)C[C@@H](O)COC(C)C. The molecule has 6 nitrogen and oxygen atoms in total. The Hall–Kier alpha value is -2.74. The molecule has 7 heteroatoms. The van der Waals surface area contributed by atoms with Crippen LogP contribution in [-0.4, -0.2) is 51.7 Å². The first-order valence-electron chi connectivity index (χ1n) is 11.8. The number of benzene rings is 2. The number of rotatable bonds is 12. The summed E-state index contributed by atoms with van der Waals surface area (Å²) >= 11 is 0. The van der Waals surface area contributed by atoms with Crippen molar-refractivity contribution in [3.63, 3.8) is 0 Å². The molecule has 0 fully saturated rings. The van der Waals surface area contributed by atoms with Crippen molar-refractivity contribution in [2.45, 2.75) is 53.4 Å². The number of hydrogen-bond acceptors (Lipinski definition) is 5. The zero-order chi connectivity index (χ0) is 24.7. The number of aryl methyl sites for hydroxylation is 1. The molecule has 0 saturated carbocycles. The minimum absolute atomic E-state index is 0.0559. The maximum absolute atomic E-state index is 14.5. The van der Waals surface area contributed by atoms with Crippen molar-refractivity contribution in [1.29, 1.82) is 0 Å². The van der Waals surface area contributed by atoms with Crippen LogP contribution in [0.15, 0.2) is 54.6 Å². The number of nitrogens with zero attached hydrogens (tertiary/aromatic N) is 3. The zero-order valence-electron chi connectivity index (χ0n) is 20.7. The molecule has 2 aromatic carbocycles. The number of aromatic nitrogens is 2. The summed E-state index contributed by atoms with van der Waals surface area (Å²) in [5, 5.41) is 15.3. The predicted octanol–water partition coefficient (Wildman–Crippen LogP) is 5.36. The van der Waals surface area contributed by atoms with Gasteiger partial charge < -0.3 is 14.6 Å². The zero-order valence-corrected chi connectivity index (χ0v) is 20.7. The van der Waals surface area contributed by atoms with Gasteiger partial charge in [0.25, 0.3) is 0 Å². The standard InChI is InChI=1S/C27H36FN3O3/c1-19(2)15-30(16-23(32)18-33-20(3)4)17-24-21(5)29-31(22-11-7-6-8-12-22)27(24)34-26-14-10-9-13-25(26)28/h6-14,19-20,23,32H,15-18H2,1-5H3/t23-/m1/s1. The summed E-state index contributed by atoms with van der Waals surface area (Å²) in [5.41, 5.74) is 2.46. The first-order valence-corrected chi connectivity index (χ1v) is 11.8. The van der Waals surface area contributed by atoms with Gasteiger partial charge in [0.05, 0.1) is 35.8 Å². The summed E-state index contributed by atoms with van der Waals surface area (Å²) in [4.78, 5) is 2.17. The van der Waals surface area contributed by atoms with Crippen molar-refractivity contribution in [3.8, 4) is 17.3 Å². The van der Waals surface area contributed by atoms with E-state index < -0.39 is 11.9 Å². The molecular formula is C27H36FN3O3. The van der Waals surface area contributed by atoms with Gasteiger partial charge in [-0.1, -0.05) is 44.2 Å². The van der Waals surface area contributed by atoms with Gasteiger partial charge in [-0.25, -0.2) is 9.07 Å². The fourth-order valence-electron chi connectivity index (χ4n) is 3.80. The van der Waals surface area contributed by atoms with Gasteiger partial charge in [-0.05, 0) is 51.0 Å². The molecule has 0 unspecified atom stereocenters. The van der Waals surface area contributed by atoms with E-state index in [1.165, 1.54) is 6.07 Å². The number of ether oxygens (including phenoxy) is 2. The molecule has 0 aliphatic rings. The highest BCUT2D eigenvalue weighted by Crippen LogP contribution is 2.33. The lowest BCUT2D eigenvalue weighted by Gasteiger charge is -2.27. The number of halogens is 1. The molecule has 0 amide bonds. The van der Waals surface area contributed by atoms with Crippen molar-refractivity contribution >= 4 is 0 Å². The Morgan fingerprint density at radius 3 is 2.32 bits per heavy atom. The minimum Gasteiger partial charge on any atom is -0.435 e. The van der Waals surface area contributed by atoms with Gasteiger partial charge in [0.1, 0.15) is 0 Å². The van der Waals surface area contributed by atoms with Gasteiger partial charge in [-0.15, -0.1) is 0 Å². The molecule has 1 N–H and O–H groups in total. The van der Waals surface area contributed by atoms with Crippen LogP contribution < -0.4 is 4.74 Å². The highest BCUT2D eigenvalue weighted by atomic mass is 19.1. The van der Waals surface area contributed by atoms with Crippen LogP contribution in [0.3, 0.4) is 0 Å². The maximum atomic E-state index is 14.5. The minimum atomic E-state index is -0.624. The van der Waals surface area contributed by atoms with Gasteiger partial charge in [0.15, 0.2) is 11.6 Å². The molecule has 0 spiro atoms. The van der Waals surface area contributed by atoms with E-state index in [1.807, 2.05) is 51.1 Å². The van der Waals surface area contributed by atoms with Crippen LogP contribution in [0.25, 0.3) is 5.69 Å². The molecule has 184 valence electrons. The largest absolute Gasteiger partial charge is 0.435 e. The monoisotopic (exact) mass is 469 g/mol. The first-order chi connectivity index (χ1) is 16.2. The summed E-state index contributed by atoms with van der Waals surface area (Å²) in [7, 11) is 0. The summed E-state index contributed by atoms with van der Waals surface area (Å²) < 4.78 is 28.0. The maximum Gasteiger partial charge on any atom is 0.227 e. The van der Waals surface area contributed by atoms with Crippen LogP contribution >= 0.6 is 0 Å². The molecule has 34 heavy (non-hydrogen) atoms. The Bertz CT molecular complexity index is 1040. The molecule has 0 saturated heterocycles. The van der Waals surface area contributed by atoms with Crippen LogP contribution in [0.4, 0.5) is 4.39 Å². The van der Waals surface area contributed by atoms with E-state index in [2.05, 4.69) is 18.7 Å². The Morgan fingerprint density at radius 2 is 1.68 bits per heavy atom. The van der Waals surface area contributed by atoms with Gasteiger partial charge in [-0.3, -0.25) is 4.90 Å². The van der Waals surface area contributed by atoms with Crippen LogP contribution in [0.2, 0.25) is 0 Å². The predicted molar refractivity (Wildman–Crippen MR) is 132 cm³/mol. The van der Waals surface area contributed by atoms with Gasteiger partial charge >= 0.3 is 0 Å². The second-order valence-corrected chi connectivity index (χ2v) is 9.27.